The van der Waals surface area contributed by atoms with E-state index in [1.807, 2.05) is 0 Å². The Balaban J connectivity index is 0.000000303. The zero-order valence-corrected chi connectivity index (χ0v) is 44.5. The van der Waals surface area contributed by atoms with Gasteiger partial charge < -0.3 is 57.5 Å². The van der Waals surface area contributed by atoms with Crippen molar-refractivity contribution in [3.8, 4) is 34.0 Å². The largest absolute Gasteiger partial charge is 0.511 e. The van der Waals surface area contributed by atoms with Gasteiger partial charge in [-0.2, -0.15) is 0 Å². The topological polar surface area (TPSA) is 310 Å². The monoisotopic (exact) mass is 1170 g/mol. The van der Waals surface area contributed by atoms with Crippen LogP contribution < -0.4 is 20.3 Å². The molecule has 2 atom stereocenters. The van der Waals surface area contributed by atoms with Crippen LogP contribution in [0, 0.1) is 11.6 Å². The number of esters is 1. The molecule has 0 saturated heterocycles. The molecule has 2 amide bonds. The van der Waals surface area contributed by atoms with Crippen molar-refractivity contribution in [1.29, 1.82) is 0 Å². The number of amides is 2. The number of hydrazine groups is 2. The van der Waals surface area contributed by atoms with E-state index in [9.17, 15) is 47.8 Å². The number of alkyl halides is 1. The first-order valence-electron chi connectivity index (χ1n) is 22.9. The van der Waals surface area contributed by atoms with Gasteiger partial charge in [0.2, 0.25) is 18.3 Å². The fraction of sp³-hybridized carbons (Fsp3) is 0.280. The molecule has 0 aliphatic rings. The van der Waals surface area contributed by atoms with E-state index in [1.165, 1.54) is 72.8 Å². The lowest BCUT2D eigenvalue weighted by Gasteiger charge is -2.24. The van der Waals surface area contributed by atoms with Gasteiger partial charge >= 0.3 is 36.1 Å². The van der Waals surface area contributed by atoms with Crippen molar-refractivity contribution >= 4 is 70.9 Å². The number of benzene rings is 4. The Morgan fingerprint density at radius 2 is 1.03 bits per heavy atom. The van der Waals surface area contributed by atoms with Crippen LogP contribution in [0.3, 0.4) is 0 Å². The second-order valence-corrected chi connectivity index (χ2v) is 16.6. The number of aliphatic hydroxyl groups excluding tert-OH is 2. The van der Waals surface area contributed by atoms with Gasteiger partial charge in [-0.05, 0) is 82.8 Å². The number of rotatable bonds is 23. The van der Waals surface area contributed by atoms with E-state index in [0.29, 0.717) is 50.0 Å². The second kappa shape index (κ2) is 32.6. The van der Waals surface area contributed by atoms with Crippen molar-refractivity contribution in [2.75, 3.05) is 53.4 Å². The molecule has 29 heteroatoms. The second-order valence-electron chi connectivity index (χ2n) is 15.5. The predicted molar refractivity (Wildman–Crippen MR) is 273 cm³/mol. The number of carbonyl (C=O) groups is 6. The number of carboxylic acid groups (broad SMARTS) is 1. The highest BCUT2D eigenvalue weighted by Gasteiger charge is 2.26. The molecule has 0 fully saturated rings. The molecule has 4 aromatic carbocycles. The summed E-state index contributed by atoms with van der Waals surface area (Å²) < 4.78 is 70.2. The minimum atomic E-state index is -1.75. The van der Waals surface area contributed by atoms with Crippen molar-refractivity contribution in [2.24, 2.45) is 0 Å². The Morgan fingerprint density at radius 1 is 0.608 bits per heavy atom. The van der Waals surface area contributed by atoms with Crippen LogP contribution in [-0.4, -0.2) is 137 Å². The molecule has 0 aliphatic heterocycles. The smallest absolute Gasteiger partial charge is 0.479 e. The van der Waals surface area contributed by atoms with Gasteiger partial charge in [0.25, 0.3) is 11.8 Å². The molecule has 6 rings (SSSR count). The fourth-order valence-corrected chi connectivity index (χ4v) is 6.68. The lowest BCUT2D eigenvalue weighted by Crippen LogP contribution is -2.47. The van der Waals surface area contributed by atoms with Gasteiger partial charge in [0.15, 0.2) is 18.3 Å². The van der Waals surface area contributed by atoms with Crippen molar-refractivity contribution in [1.82, 2.24) is 31.2 Å². The molecule has 6 aromatic rings. The van der Waals surface area contributed by atoms with Crippen LogP contribution >= 0.6 is 34.8 Å². The quantitative estimate of drug-likeness (QED) is 0.0137. The molecule has 424 valence electrons. The highest BCUT2D eigenvalue weighted by atomic mass is 35.5. The van der Waals surface area contributed by atoms with Crippen LogP contribution in [0.5, 0.6) is 11.8 Å². The number of hydrogen-bond acceptors (Lipinski definition) is 21. The summed E-state index contributed by atoms with van der Waals surface area (Å²) in [6.07, 6.45) is -5.26. The third kappa shape index (κ3) is 21.3. The Bertz CT molecular complexity index is 2950. The molecule has 0 saturated carbocycles. The standard InChI is InChI=1S/C25H25ClFN3O9.C21H19ClFN3O6.C4H7ClO3/c1-3-36-25(34)38-14-37-24(33)20(31)13-30(28-23(32)21-11-22(35-2)29-39-21)12-15-4-6-16(7-5-15)18-10-17(26)8-9-19(18)27;1-31-19-9-18(32-25-19)20(28)24-26(11-17(27)21(29)30)10-12-2-4-13(5-3-12)15-8-14(22)6-7-16(15)23;1-2-7-4(6)8-3-5/h4-11,20,31H,3,12-14H2,1-2H3,(H,28,32);2-9,17,27H,10-11H2,1H3,(H,24,28)(H,29,30);2-3H2,1H3/t20-;17-;/m11./s1. The van der Waals surface area contributed by atoms with Crippen LogP contribution in [0.4, 0.5) is 18.4 Å². The van der Waals surface area contributed by atoms with E-state index in [2.05, 4.69) is 40.1 Å². The Hall–Kier alpha value is -8.11. The first-order chi connectivity index (χ1) is 37.8. The zero-order valence-electron chi connectivity index (χ0n) is 42.2. The summed E-state index contributed by atoms with van der Waals surface area (Å²) >= 11 is 16.9. The highest BCUT2D eigenvalue weighted by Crippen LogP contribution is 2.28. The summed E-state index contributed by atoms with van der Waals surface area (Å²) in [5.74, 6) is -5.08. The van der Waals surface area contributed by atoms with Gasteiger partial charge in [-0.25, -0.2) is 38.0 Å². The molecular weight excluding hydrogens is 1120 g/mol. The average molecular weight is 1170 g/mol. The summed E-state index contributed by atoms with van der Waals surface area (Å²) in [5, 5.41) is 39.4. The number of halogens is 5. The molecule has 5 N–H and O–H groups in total. The molecular formula is C50H51Cl3F2N6O18. The molecule has 0 spiro atoms. The average Bonchev–Trinajstić information content (AvgIpc) is 4.15. The fourth-order valence-electron chi connectivity index (χ4n) is 6.24. The minimum Gasteiger partial charge on any atom is -0.479 e. The van der Waals surface area contributed by atoms with Gasteiger partial charge in [-0.3, -0.25) is 20.4 Å². The molecule has 2 aromatic heterocycles. The number of carbonyl (C=O) groups excluding carboxylic acids is 5. The SMILES string of the molecule is CCOC(=O)OCCl.CCOC(=O)OCOC(=O)[C@H](O)CN(Cc1ccc(-c2cc(Cl)ccc2F)cc1)NC(=O)c1cc(OC)no1.COc1cc(C(=O)NN(Cc2ccc(-c3cc(Cl)ccc3F)cc2)C[C@@H](O)C(=O)O)on1. The summed E-state index contributed by atoms with van der Waals surface area (Å²) in [6, 6.07) is 24.1. The minimum absolute atomic E-state index is 0.00101. The van der Waals surface area contributed by atoms with Gasteiger partial charge in [-0.15, -0.1) is 0 Å². The number of hydrogen-bond donors (Lipinski definition) is 5. The molecule has 0 bridgehead atoms. The number of aliphatic carboxylic acids is 1. The number of carboxylic acids is 1. The van der Waals surface area contributed by atoms with Gasteiger partial charge in [0.1, 0.15) is 11.6 Å². The number of nitrogens with zero attached hydrogens (tertiary/aromatic N) is 4. The number of aliphatic hydroxyl groups is 2. The number of ether oxygens (including phenoxy) is 7. The Kier molecular flexibility index (Phi) is 26.2. The summed E-state index contributed by atoms with van der Waals surface area (Å²) in [5.41, 5.74) is 8.06. The van der Waals surface area contributed by atoms with E-state index in [1.54, 1.807) is 62.4 Å². The van der Waals surface area contributed by atoms with Crippen LogP contribution in [0.25, 0.3) is 22.3 Å². The summed E-state index contributed by atoms with van der Waals surface area (Å²) in [4.78, 5) is 69.7. The maximum absolute atomic E-state index is 14.2. The zero-order chi connectivity index (χ0) is 58.0. The third-order valence-corrected chi connectivity index (χ3v) is 10.5. The van der Waals surface area contributed by atoms with Crippen molar-refractivity contribution in [2.45, 2.75) is 39.1 Å². The van der Waals surface area contributed by atoms with Crippen molar-refractivity contribution in [3.05, 3.63) is 141 Å². The Labute approximate surface area is 463 Å². The third-order valence-electron chi connectivity index (χ3n) is 9.91. The molecule has 24 nitrogen and oxygen atoms in total. The first kappa shape index (κ1) is 63.4. The van der Waals surface area contributed by atoms with E-state index >= 15 is 0 Å². The van der Waals surface area contributed by atoms with Gasteiger partial charge in [0.05, 0.1) is 52.7 Å². The van der Waals surface area contributed by atoms with Crippen molar-refractivity contribution < 1.29 is 95.1 Å². The van der Waals surface area contributed by atoms with Crippen LogP contribution in [0.2, 0.25) is 10.0 Å². The van der Waals surface area contributed by atoms with E-state index in [-0.39, 0.29) is 49.0 Å². The number of methoxy groups -OCH3 is 2. The lowest BCUT2D eigenvalue weighted by atomic mass is 10.0. The normalized spacial score (nSPS) is 11.4. The van der Waals surface area contributed by atoms with E-state index in [0.717, 1.165) is 0 Å². The van der Waals surface area contributed by atoms with Crippen molar-refractivity contribution in [3.63, 3.8) is 0 Å². The Morgan fingerprint density at radius 3 is 1.41 bits per heavy atom. The van der Waals surface area contributed by atoms with Crippen LogP contribution in [-0.2, 0) is 46.4 Å². The lowest BCUT2D eigenvalue weighted by molar-refractivity contribution is -0.164. The van der Waals surface area contributed by atoms with Gasteiger partial charge in [-0.1, -0.05) is 83.3 Å². The first-order valence-corrected chi connectivity index (χ1v) is 24.2. The van der Waals surface area contributed by atoms with E-state index < -0.39 is 79.8 Å². The van der Waals surface area contributed by atoms with Crippen LogP contribution in [0.15, 0.2) is 106 Å². The molecule has 0 aliphatic carbocycles. The summed E-state index contributed by atoms with van der Waals surface area (Å²) in [6.45, 7) is 2.06. The molecule has 0 radical (unpaired) electrons. The van der Waals surface area contributed by atoms with Crippen LogP contribution in [0.1, 0.15) is 46.1 Å². The number of nitrogens with one attached hydrogen (secondary N) is 2. The number of aromatic nitrogens is 2. The van der Waals surface area contributed by atoms with E-state index in [4.69, 9.17) is 63.2 Å². The molecule has 0 unspecified atom stereocenters. The maximum Gasteiger partial charge on any atom is 0.511 e. The molecule has 79 heavy (non-hydrogen) atoms. The predicted octanol–water partition coefficient (Wildman–Crippen LogP) is 7.42. The van der Waals surface area contributed by atoms with Gasteiger partial charge in [0, 0.05) is 34.3 Å². The maximum atomic E-state index is 14.2. The molecule has 2 heterocycles. The summed E-state index contributed by atoms with van der Waals surface area (Å²) in [7, 11) is 2.70. The highest BCUT2D eigenvalue weighted by molar-refractivity contribution is 6.31.